The van der Waals surface area contributed by atoms with Gasteiger partial charge in [-0.1, -0.05) is 30.3 Å². The second-order valence-corrected chi connectivity index (χ2v) is 8.65. The molecule has 1 saturated heterocycles. The zero-order chi connectivity index (χ0) is 21.4. The Morgan fingerprint density at radius 3 is 2.32 bits per heavy atom. The minimum Gasteiger partial charge on any atom is -0.353 e. The SMILES string of the molecule is Cc1nc(N2CCN(C(C)(C)c3cn(-c4ccccc4)cn3)CC2)c2ccccc2n1. The molecule has 0 unspecified atom stereocenters. The van der Waals surface area contributed by atoms with Crippen LogP contribution < -0.4 is 4.90 Å². The summed E-state index contributed by atoms with van der Waals surface area (Å²) in [7, 11) is 0. The van der Waals surface area contributed by atoms with Crippen LogP contribution in [0.5, 0.6) is 0 Å². The van der Waals surface area contributed by atoms with Gasteiger partial charge in [0.05, 0.1) is 23.1 Å². The number of benzene rings is 2. The van der Waals surface area contributed by atoms with Gasteiger partial charge in [-0.15, -0.1) is 0 Å². The van der Waals surface area contributed by atoms with Crippen molar-refractivity contribution in [3.63, 3.8) is 0 Å². The minimum atomic E-state index is -0.143. The molecular formula is C25H28N6. The highest BCUT2D eigenvalue weighted by atomic mass is 15.3. The molecule has 31 heavy (non-hydrogen) atoms. The van der Waals surface area contributed by atoms with Crippen molar-refractivity contribution >= 4 is 16.7 Å². The summed E-state index contributed by atoms with van der Waals surface area (Å²) in [6.07, 6.45) is 4.07. The highest BCUT2D eigenvalue weighted by Gasteiger charge is 2.34. The van der Waals surface area contributed by atoms with Gasteiger partial charge in [-0.25, -0.2) is 15.0 Å². The van der Waals surface area contributed by atoms with Crippen molar-refractivity contribution in [2.75, 3.05) is 31.1 Å². The third-order valence-corrected chi connectivity index (χ3v) is 6.33. The fraction of sp³-hybridized carbons (Fsp3) is 0.320. The van der Waals surface area contributed by atoms with Gasteiger partial charge in [-0.3, -0.25) is 4.90 Å². The summed E-state index contributed by atoms with van der Waals surface area (Å²) in [6, 6.07) is 18.6. The van der Waals surface area contributed by atoms with Gasteiger partial charge in [0.25, 0.3) is 0 Å². The number of rotatable bonds is 4. The van der Waals surface area contributed by atoms with Crippen LogP contribution in [0.3, 0.4) is 0 Å². The lowest BCUT2D eigenvalue weighted by molar-refractivity contribution is 0.107. The first-order chi connectivity index (χ1) is 15.0. The Labute approximate surface area is 183 Å². The van der Waals surface area contributed by atoms with E-state index in [4.69, 9.17) is 9.97 Å². The van der Waals surface area contributed by atoms with Gasteiger partial charge in [0.15, 0.2) is 0 Å². The van der Waals surface area contributed by atoms with Gasteiger partial charge in [0.1, 0.15) is 11.6 Å². The molecule has 3 heterocycles. The number of nitrogens with zero attached hydrogens (tertiary/aromatic N) is 6. The van der Waals surface area contributed by atoms with Crippen LogP contribution in [-0.4, -0.2) is 50.6 Å². The van der Waals surface area contributed by atoms with Gasteiger partial charge in [-0.05, 0) is 45.0 Å². The quantitative estimate of drug-likeness (QED) is 0.503. The second-order valence-electron chi connectivity index (χ2n) is 8.65. The largest absolute Gasteiger partial charge is 0.353 e. The van der Waals surface area contributed by atoms with Gasteiger partial charge in [0.2, 0.25) is 0 Å². The number of hydrogen-bond acceptors (Lipinski definition) is 5. The van der Waals surface area contributed by atoms with Crippen molar-refractivity contribution in [3.8, 4) is 5.69 Å². The number of fused-ring (bicyclic) bond motifs is 1. The maximum Gasteiger partial charge on any atom is 0.140 e. The molecule has 0 bridgehead atoms. The highest BCUT2D eigenvalue weighted by Crippen LogP contribution is 2.30. The topological polar surface area (TPSA) is 50.1 Å². The van der Waals surface area contributed by atoms with Gasteiger partial charge in [0, 0.05) is 43.4 Å². The van der Waals surface area contributed by atoms with Crippen LogP contribution in [-0.2, 0) is 5.54 Å². The molecule has 0 saturated carbocycles. The van der Waals surface area contributed by atoms with Gasteiger partial charge < -0.3 is 9.47 Å². The van der Waals surface area contributed by atoms with E-state index in [1.807, 2.05) is 25.4 Å². The Bertz CT molecular complexity index is 1190. The smallest absolute Gasteiger partial charge is 0.140 e. The molecule has 1 aliphatic rings. The summed E-state index contributed by atoms with van der Waals surface area (Å²) in [4.78, 5) is 19.1. The van der Waals surface area contributed by atoms with Crippen molar-refractivity contribution in [1.29, 1.82) is 0 Å². The number of aromatic nitrogens is 4. The average Bonchev–Trinajstić information content (AvgIpc) is 3.30. The standard InChI is InChI=1S/C25H28N6/c1-19-27-22-12-8-7-11-21(22)24(28-19)29-13-15-31(16-14-29)25(2,3)23-17-30(18-26-23)20-9-5-4-6-10-20/h4-12,17-18H,13-16H2,1-3H3. The molecule has 0 amide bonds. The number of imidazole rings is 1. The summed E-state index contributed by atoms with van der Waals surface area (Å²) < 4.78 is 2.10. The van der Waals surface area contributed by atoms with E-state index in [1.54, 1.807) is 0 Å². The molecule has 4 aromatic rings. The molecule has 1 fully saturated rings. The molecule has 5 rings (SSSR count). The minimum absolute atomic E-state index is 0.143. The van der Waals surface area contributed by atoms with E-state index in [2.05, 4.69) is 81.9 Å². The van der Waals surface area contributed by atoms with E-state index in [1.165, 1.54) is 0 Å². The van der Waals surface area contributed by atoms with Crippen LogP contribution in [0.1, 0.15) is 25.4 Å². The lowest BCUT2D eigenvalue weighted by atomic mass is 9.97. The number of piperazine rings is 1. The zero-order valence-corrected chi connectivity index (χ0v) is 18.4. The van der Waals surface area contributed by atoms with Gasteiger partial charge >= 0.3 is 0 Å². The molecular weight excluding hydrogens is 384 g/mol. The number of aryl methyl sites for hydroxylation is 1. The zero-order valence-electron chi connectivity index (χ0n) is 18.4. The summed E-state index contributed by atoms with van der Waals surface area (Å²) in [5.74, 6) is 1.87. The van der Waals surface area contributed by atoms with E-state index >= 15 is 0 Å². The van der Waals surface area contributed by atoms with Crippen LogP contribution in [0.15, 0.2) is 67.1 Å². The fourth-order valence-corrected chi connectivity index (χ4v) is 4.43. The number of para-hydroxylation sites is 2. The van der Waals surface area contributed by atoms with E-state index in [-0.39, 0.29) is 5.54 Å². The summed E-state index contributed by atoms with van der Waals surface area (Å²) in [6.45, 7) is 10.3. The molecule has 158 valence electrons. The lowest BCUT2D eigenvalue weighted by Crippen LogP contribution is -2.53. The van der Waals surface area contributed by atoms with Crippen molar-refractivity contribution < 1.29 is 0 Å². The van der Waals surface area contributed by atoms with E-state index < -0.39 is 0 Å². The maximum atomic E-state index is 4.79. The number of anilines is 1. The molecule has 2 aromatic carbocycles. The molecule has 2 aromatic heterocycles. The predicted molar refractivity (Wildman–Crippen MR) is 125 cm³/mol. The van der Waals surface area contributed by atoms with E-state index in [9.17, 15) is 0 Å². The number of hydrogen-bond donors (Lipinski definition) is 0. The fourth-order valence-electron chi connectivity index (χ4n) is 4.43. The maximum absolute atomic E-state index is 4.79. The molecule has 6 heteroatoms. The average molecular weight is 413 g/mol. The third kappa shape index (κ3) is 3.68. The first-order valence-electron chi connectivity index (χ1n) is 10.9. The van der Waals surface area contributed by atoms with Crippen molar-refractivity contribution in [1.82, 2.24) is 24.4 Å². The van der Waals surface area contributed by atoms with Crippen LogP contribution in [0.4, 0.5) is 5.82 Å². The predicted octanol–water partition coefficient (Wildman–Crippen LogP) is 4.18. The van der Waals surface area contributed by atoms with Crippen molar-refractivity contribution in [2.24, 2.45) is 0 Å². The first kappa shape index (κ1) is 19.7. The van der Waals surface area contributed by atoms with Crippen LogP contribution in [0.2, 0.25) is 0 Å². The van der Waals surface area contributed by atoms with Crippen LogP contribution >= 0.6 is 0 Å². The Balaban J connectivity index is 1.34. The first-order valence-corrected chi connectivity index (χ1v) is 10.9. The lowest BCUT2D eigenvalue weighted by Gasteiger charge is -2.43. The molecule has 0 aliphatic carbocycles. The van der Waals surface area contributed by atoms with Gasteiger partial charge in [-0.2, -0.15) is 0 Å². The molecule has 0 radical (unpaired) electrons. The van der Waals surface area contributed by atoms with Crippen molar-refractivity contribution in [2.45, 2.75) is 26.3 Å². The second kappa shape index (κ2) is 7.78. The third-order valence-electron chi connectivity index (χ3n) is 6.33. The normalized spacial score (nSPS) is 15.5. The summed E-state index contributed by atoms with van der Waals surface area (Å²) >= 11 is 0. The Kier molecular flexibility index (Phi) is 4.94. The Morgan fingerprint density at radius 1 is 0.839 bits per heavy atom. The molecule has 1 aliphatic heterocycles. The van der Waals surface area contributed by atoms with Crippen LogP contribution in [0, 0.1) is 6.92 Å². The monoisotopic (exact) mass is 412 g/mol. The summed E-state index contributed by atoms with van der Waals surface area (Å²) in [5.41, 5.74) is 3.09. The van der Waals surface area contributed by atoms with E-state index in [0.29, 0.717) is 0 Å². The Morgan fingerprint density at radius 2 is 1.55 bits per heavy atom. The summed E-state index contributed by atoms with van der Waals surface area (Å²) in [5, 5.41) is 1.13. The molecule has 0 spiro atoms. The van der Waals surface area contributed by atoms with Crippen LogP contribution in [0.25, 0.3) is 16.6 Å². The Hall–Kier alpha value is -3.25. The highest BCUT2D eigenvalue weighted by molar-refractivity contribution is 5.89. The molecule has 0 N–H and O–H groups in total. The molecule has 0 atom stereocenters. The van der Waals surface area contributed by atoms with Crippen molar-refractivity contribution in [3.05, 3.63) is 78.6 Å². The molecule has 6 nitrogen and oxygen atoms in total. The van der Waals surface area contributed by atoms with E-state index in [0.717, 1.165) is 60.1 Å².